The van der Waals surface area contributed by atoms with Crippen molar-refractivity contribution in [2.24, 2.45) is 16.7 Å². The van der Waals surface area contributed by atoms with Crippen molar-refractivity contribution in [1.29, 1.82) is 0 Å². The van der Waals surface area contributed by atoms with Gasteiger partial charge in [0.25, 0.3) is 0 Å². The molecule has 144 valence electrons. The van der Waals surface area contributed by atoms with Crippen LogP contribution < -0.4 is 4.72 Å². The van der Waals surface area contributed by atoms with Gasteiger partial charge in [0, 0.05) is 11.8 Å². The Morgan fingerprint density at radius 3 is 2.32 bits per heavy atom. The van der Waals surface area contributed by atoms with E-state index in [9.17, 15) is 36.3 Å². The number of nitrogens with one attached hydrogen (secondary N) is 1. The Labute approximate surface area is 143 Å². The number of carbonyl (C=O) groups is 2. The lowest BCUT2D eigenvalue weighted by molar-refractivity contribution is -0.265. The normalized spacial score (nSPS) is 31.0. The zero-order chi connectivity index (χ0) is 19.5. The second-order valence-electron chi connectivity index (χ2n) is 7.23. The molecule has 11 heteroatoms. The summed E-state index contributed by atoms with van der Waals surface area (Å²) < 4.78 is 68.7. The number of halogens is 3. The van der Waals surface area contributed by atoms with Gasteiger partial charge in [0.05, 0.1) is 12.9 Å². The van der Waals surface area contributed by atoms with Crippen molar-refractivity contribution in [2.45, 2.75) is 45.0 Å². The SMILES string of the molecule is COC(=O)[C@](O)(NS(=O)(=O)C[C@@]12CC[C@H](CC1=O)C2(C)C)C(F)(F)F. The van der Waals surface area contributed by atoms with Crippen molar-refractivity contribution in [1.82, 2.24) is 4.72 Å². The first-order valence-electron chi connectivity index (χ1n) is 7.55. The van der Waals surface area contributed by atoms with Gasteiger partial charge in [-0.05, 0) is 24.2 Å². The van der Waals surface area contributed by atoms with Crippen LogP contribution in [0.25, 0.3) is 0 Å². The van der Waals surface area contributed by atoms with E-state index in [1.807, 2.05) is 0 Å². The molecule has 2 aliphatic carbocycles. The van der Waals surface area contributed by atoms with Gasteiger partial charge < -0.3 is 9.84 Å². The van der Waals surface area contributed by atoms with Crippen LogP contribution in [0.2, 0.25) is 0 Å². The van der Waals surface area contributed by atoms with E-state index in [-0.39, 0.29) is 24.5 Å². The highest BCUT2D eigenvalue weighted by Crippen LogP contribution is 2.64. The number of aliphatic hydroxyl groups is 1. The number of Topliss-reactive ketones (excluding diaryl/α,β-unsaturated/α-hetero) is 1. The summed E-state index contributed by atoms with van der Waals surface area (Å²) in [5.41, 5.74) is -6.46. The molecule has 25 heavy (non-hydrogen) atoms. The molecule has 0 unspecified atom stereocenters. The lowest BCUT2D eigenvalue weighted by Crippen LogP contribution is -2.65. The summed E-state index contributed by atoms with van der Waals surface area (Å²) in [6.07, 6.45) is -4.65. The highest BCUT2D eigenvalue weighted by atomic mass is 32.2. The van der Waals surface area contributed by atoms with Gasteiger partial charge in [-0.25, -0.2) is 13.2 Å². The average molecular weight is 387 g/mol. The van der Waals surface area contributed by atoms with E-state index in [1.54, 1.807) is 13.8 Å². The Morgan fingerprint density at radius 1 is 1.40 bits per heavy atom. The molecule has 0 spiro atoms. The highest BCUT2D eigenvalue weighted by molar-refractivity contribution is 7.89. The molecule has 2 bridgehead atoms. The number of carbonyl (C=O) groups excluding carboxylic acids is 2. The Bertz CT molecular complexity index is 704. The highest BCUT2D eigenvalue weighted by Gasteiger charge is 2.67. The standard InChI is InChI=1S/C14H20F3NO6S/c1-11(2)8-4-5-12(11,9(19)6-8)7-25(22,23)18-13(21,10(20)24-3)14(15,16)17/h8,18,21H,4-7H2,1-3H3/t8-,12+,13-/m1/s1. The van der Waals surface area contributed by atoms with Gasteiger partial charge in [-0.3, -0.25) is 4.79 Å². The quantitative estimate of drug-likeness (QED) is 0.532. The van der Waals surface area contributed by atoms with Gasteiger partial charge in [0.15, 0.2) is 0 Å². The molecule has 2 saturated carbocycles. The number of methoxy groups -OCH3 is 1. The molecular weight excluding hydrogens is 367 g/mol. The molecule has 0 saturated heterocycles. The van der Waals surface area contributed by atoms with E-state index in [1.165, 1.54) is 0 Å². The summed E-state index contributed by atoms with van der Waals surface area (Å²) in [5, 5.41) is 9.61. The number of esters is 1. The number of hydrogen-bond acceptors (Lipinski definition) is 6. The molecule has 2 fully saturated rings. The van der Waals surface area contributed by atoms with Crippen LogP contribution in [-0.4, -0.2) is 50.0 Å². The van der Waals surface area contributed by atoms with Crippen molar-refractivity contribution in [3.05, 3.63) is 0 Å². The monoisotopic (exact) mass is 387 g/mol. The summed E-state index contributed by atoms with van der Waals surface area (Å²) in [6, 6.07) is 0. The van der Waals surface area contributed by atoms with Crippen molar-refractivity contribution in [3.63, 3.8) is 0 Å². The van der Waals surface area contributed by atoms with Crippen LogP contribution >= 0.6 is 0 Å². The third-order valence-corrected chi connectivity index (χ3v) is 7.25. The lowest BCUT2D eigenvalue weighted by atomic mass is 9.70. The molecule has 2 aliphatic rings. The van der Waals surface area contributed by atoms with Crippen molar-refractivity contribution >= 4 is 21.8 Å². The van der Waals surface area contributed by atoms with Gasteiger partial charge in [0.1, 0.15) is 5.78 Å². The summed E-state index contributed by atoms with van der Waals surface area (Å²) in [5.74, 6) is -3.51. The molecule has 2 rings (SSSR count). The minimum absolute atomic E-state index is 0.0442. The second-order valence-corrected chi connectivity index (χ2v) is 8.95. The van der Waals surface area contributed by atoms with Gasteiger partial charge in [-0.1, -0.05) is 13.8 Å². The van der Waals surface area contributed by atoms with Gasteiger partial charge >= 0.3 is 17.9 Å². The first kappa shape index (κ1) is 20.1. The smallest absolute Gasteiger partial charge is 0.443 e. The van der Waals surface area contributed by atoms with Crippen LogP contribution in [0.3, 0.4) is 0 Å². The zero-order valence-electron chi connectivity index (χ0n) is 13.9. The number of hydrogen-bond donors (Lipinski definition) is 2. The number of rotatable bonds is 5. The molecule has 0 aromatic rings. The number of sulfonamides is 1. The molecule has 0 aliphatic heterocycles. The minimum atomic E-state index is -5.64. The van der Waals surface area contributed by atoms with E-state index in [4.69, 9.17) is 0 Å². The van der Waals surface area contributed by atoms with Crippen LogP contribution in [0.1, 0.15) is 33.1 Å². The maximum atomic E-state index is 13.1. The summed E-state index contributed by atoms with van der Waals surface area (Å²) >= 11 is 0. The summed E-state index contributed by atoms with van der Waals surface area (Å²) in [6.45, 7) is 3.42. The fourth-order valence-corrected chi connectivity index (χ4v) is 6.10. The van der Waals surface area contributed by atoms with Crippen molar-refractivity contribution < 1.29 is 41.0 Å². The number of ether oxygens (including phenoxy) is 1. The van der Waals surface area contributed by atoms with E-state index >= 15 is 0 Å². The Balaban J connectivity index is 2.37. The number of alkyl halides is 3. The maximum absolute atomic E-state index is 13.1. The van der Waals surface area contributed by atoms with Gasteiger partial charge in [-0.2, -0.15) is 17.9 Å². The average Bonchev–Trinajstić information content (AvgIpc) is 2.78. The Kier molecular flexibility index (Phi) is 4.54. The molecule has 7 nitrogen and oxygen atoms in total. The topological polar surface area (TPSA) is 110 Å². The summed E-state index contributed by atoms with van der Waals surface area (Å²) in [7, 11) is -4.27. The third-order valence-electron chi connectivity index (χ3n) is 5.77. The van der Waals surface area contributed by atoms with Gasteiger partial charge in [0.2, 0.25) is 10.0 Å². The third kappa shape index (κ3) is 2.85. The van der Waals surface area contributed by atoms with Crippen molar-refractivity contribution in [3.8, 4) is 0 Å². The maximum Gasteiger partial charge on any atom is 0.443 e. The largest absolute Gasteiger partial charge is 0.466 e. The van der Waals surface area contributed by atoms with Crippen LogP contribution in [0.5, 0.6) is 0 Å². The predicted molar refractivity (Wildman–Crippen MR) is 78.5 cm³/mol. The molecule has 0 heterocycles. The Hall–Kier alpha value is -1.20. The molecular formula is C14H20F3NO6S. The van der Waals surface area contributed by atoms with Crippen LogP contribution in [0, 0.1) is 16.7 Å². The zero-order valence-corrected chi connectivity index (χ0v) is 14.8. The fourth-order valence-electron chi connectivity index (χ4n) is 4.06. The van der Waals surface area contributed by atoms with Crippen LogP contribution in [0.15, 0.2) is 0 Å². The molecule has 0 amide bonds. The fraction of sp³-hybridized carbons (Fsp3) is 0.857. The Morgan fingerprint density at radius 2 is 1.96 bits per heavy atom. The minimum Gasteiger partial charge on any atom is -0.466 e. The van der Waals surface area contributed by atoms with E-state index in [0.717, 1.165) is 4.72 Å². The first-order chi connectivity index (χ1) is 11.1. The summed E-state index contributed by atoms with van der Waals surface area (Å²) in [4.78, 5) is 23.7. The van der Waals surface area contributed by atoms with Gasteiger partial charge in [-0.15, -0.1) is 0 Å². The molecule has 3 atom stereocenters. The predicted octanol–water partition coefficient (Wildman–Crippen LogP) is 0.725. The van der Waals surface area contributed by atoms with E-state index < -0.39 is 44.5 Å². The lowest BCUT2D eigenvalue weighted by Gasteiger charge is -2.37. The van der Waals surface area contributed by atoms with E-state index in [0.29, 0.717) is 13.5 Å². The van der Waals surface area contributed by atoms with Crippen molar-refractivity contribution in [2.75, 3.05) is 12.9 Å². The first-order valence-corrected chi connectivity index (χ1v) is 9.21. The number of ketones is 1. The van der Waals surface area contributed by atoms with Crippen LogP contribution in [-0.2, 0) is 24.3 Å². The second kappa shape index (κ2) is 5.65. The van der Waals surface area contributed by atoms with Crippen LogP contribution in [0.4, 0.5) is 13.2 Å². The molecule has 0 aromatic carbocycles. The van der Waals surface area contributed by atoms with E-state index in [2.05, 4.69) is 4.74 Å². The number of fused-ring (bicyclic) bond motifs is 2. The molecule has 0 radical (unpaired) electrons. The molecule has 2 N–H and O–H groups in total. The molecule has 0 aromatic heterocycles.